The Morgan fingerprint density at radius 3 is 2.65 bits per heavy atom. The lowest BCUT2D eigenvalue weighted by Crippen LogP contribution is -2.34. The van der Waals surface area contributed by atoms with E-state index in [-0.39, 0.29) is 24.7 Å². The van der Waals surface area contributed by atoms with Gasteiger partial charge < -0.3 is 15.1 Å². The Morgan fingerprint density at radius 2 is 1.97 bits per heavy atom. The molecule has 2 fully saturated rings. The number of likely N-dealkylation sites (N-methyl/N-ethyl adjacent to an activating group) is 1. The summed E-state index contributed by atoms with van der Waals surface area (Å²) in [6.45, 7) is 2.25. The molecule has 4 rings (SSSR count). The van der Waals surface area contributed by atoms with Crippen LogP contribution in [0.15, 0.2) is 24.3 Å². The van der Waals surface area contributed by atoms with Gasteiger partial charge in [-0.2, -0.15) is 0 Å². The minimum atomic E-state index is -2.56. The standard InChI is InChI=1S/C23H29ClF2N4O/c1-29(2)16-9-12-30(14-16)20-6-3-17-19(28-20)5-4-18(24)21(17)22(31)27-13-15-7-10-23(25,26)11-8-15/h3-6,15-16H,7-14H2,1-2H3,(H,27,31). The number of hydrogen-bond donors (Lipinski definition) is 1. The summed E-state index contributed by atoms with van der Waals surface area (Å²) in [5.74, 6) is -1.88. The van der Waals surface area contributed by atoms with Crippen molar-refractivity contribution < 1.29 is 13.6 Å². The van der Waals surface area contributed by atoms with Crippen LogP contribution < -0.4 is 10.2 Å². The van der Waals surface area contributed by atoms with Crippen LogP contribution in [0.4, 0.5) is 14.6 Å². The van der Waals surface area contributed by atoms with Gasteiger partial charge in [0.15, 0.2) is 0 Å². The van der Waals surface area contributed by atoms with Gasteiger partial charge in [0.05, 0.1) is 16.1 Å². The van der Waals surface area contributed by atoms with Gasteiger partial charge in [-0.15, -0.1) is 0 Å². The second-order valence-corrected chi connectivity index (χ2v) is 9.43. The molecule has 168 valence electrons. The lowest BCUT2D eigenvalue weighted by atomic mass is 9.87. The van der Waals surface area contributed by atoms with Gasteiger partial charge in [-0.3, -0.25) is 4.79 Å². The van der Waals surface area contributed by atoms with Crippen LogP contribution in [-0.2, 0) is 0 Å². The van der Waals surface area contributed by atoms with Crippen molar-refractivity contribution in [1.82, 2.24) is 15.2 Å². The van der Waals surface area contributed by atoms with Crippen LogP contribution in [0.1, 0.15) is 42.5 Å². The first-order chi connectivity index (χ1) is 14.7. The van der Waals surface area contributed by atoms with Crippen molar-refractivity contribution >= 4 is 34.2 Å². The molecule has 1 unspecified atom stereocenters. The van der Waals surface area contributed by atoms with E-state index in [1.807, 2.05) is 18.2 Å². The summed E-state index contributed by atoms with van der Waals surface area (Å²) in [6.07, 6.45) is 1.71. The highest BCUT2D eigenvalue weighted by atomic mass is 35.5. The van der Waals surface area contributed by atoms with Crippen LogP contribution in [0.3, 0.4) is 0 Å². The average Bonchev–Trinajstić information content (AvgIpc) is 3.23. The van der Waals surface area contributed by atoms with Crippen LogP contribution >= 0.6 is 11.6 Å². The molecule has 1 atom stereocenters. The normalized spacial score (nSPS) is 21.7. The molecule has 5 nitrogen and oxygen atoms in total. The van der Waals surface area contributed by atoms with Gasteiger partial charge in [0.25, 0.3) is 5.91 Å². The van der Waals surface area contributed by atoms with E-state index in [1.54, 1.807) is 6.07 Å². The highest BCUT2D eigenvalue weighted by Gasteiger charge is 2.35. The maximum absolute atomic E-state index is 13.4. The first kappa shape index (κ1) is 22.2. The molecular weight excluding hydrogens is 422 g/mol. The fourth-order valence-electron chi connectivity index (χ4n) is 4.57. The number of amides is 1. The fraction of sp³-hybridized carbons (Fsp3) is 0.565. The smallest absolute Gasteiger partial charge is 0.253 e. The molecule has 0 radical (unpaired) electrons. The van der Waals surface area contributed by atoms with E-state index in [4.69, 9.17) is 16.6 Å². The molecule has 1 saturated carbocycles. The highest BCUT2D eigenvalue weighted by Crippen LogP contribution is 2.36. The van der Waals surface area contributed by atoms with Gasteiger partial charge in [-0.1, -0.05) is 11.6 Å². The van der Waals surface area contributed by atoms with Crippen molar-refractivity contribution in [2.24, 2.45) is 5.92 Å². The number of halogens is 3. The summed E-state index contributed by atoms with van der Waals surface area (Å²) in [7, 11) is 4.18. The zero-order chi connectivity index (χ0) is 22.2. The monoisotopic (exact) mass is 450 g/mol. The van der Waals surface area contributed by atoms with Gasteiger partial charge in [-0.25, -0.2) is 13.8 Å². The maximum Gasteiger partial charge on any atom is 0.253 e. The molecule has 2 aromatic rings. The van der Waals surface area contributed by atoms with E-state index in [9.17, 15) is 13.6 Å². The van der Waals surface area contributed by atoms with Gasteiger partial charge in [0.1, 0.15) is 5.82 Å². The molecule has 2 aliphatic rings. The van der Waals surface area contributed by atoms with Crippen molar-refractivity contribution in [2.45, 2.75) is 44.1 Å². The van der Waals surface area contributed by atoms with Crippen LogP contribution in [0, 0.1) is 5.92 Å². The van der Waals surface area contributed by atoms with E-state index in [0.717, 1.165) is 30.8 Å². The zero-order valence-electron chi connectivity index (χ0n) is 18.0. The summed E-state index contributed by atoms with van der Waals surface area (Å²) in [5.41, 5.74) is 1.12. The number of alkyl halides is 2. The number of hydrogen-bond acceptors (Lipinski definition) is 4. The number of nitrogens with zero attached hydrogens (tertiary/aromatic N) is 3. The summed E-state index contributed by atoms with van der Waals surface area (Å²) in [5, 5.41) is 3.97. The highest BCUT2D eigenvalue weighted by molar-refractivity contribution is 6.35. The maximum atomic E-state index is 13.4. The van der Waals surface area contributed by atoms with Crippen LogP contribution in [-0.4, -0.2) is 61.5 Å². The number of carbonyl (C=O) groups is 1. The number of anilines is 1. The second kappa shape index (κ2) is 8.87. The first-order valence-corrected chi connectivity index (χ1v) is 11.3. The second-order valence-electron chi connectivity index (χ2n) is 9.02. The van der Waals surface area contributed by atoms with Crippen LogP contribution in [0.2, 0.25) is 5.02 Å². The van der Waals surface area contributed by atoms with Gasteiger partial charge in [-0.05, 0) is 63.5 Å². The minimum absolute atomic E-state index is 0.0712. The molecule has 1 aromatic heterocycles. The molecule has 2 heterocycles. The van der Waals surface area contributed by atoms with Crippen LogP contribution in [0.25, 0.3) is 10.9 Å². The van der Waals surface area contributed by atoms with Gasteiger partial charge >= 0.3 is 0 Å². The number of benzene rings is 1. The number of fused-ring (bicyclic) bond motifs is 1. The lowest BCUT2D eigenvalue weighted by molar-refractivity contribution is -0.0452. The third kappa shape index (κ3) is 4.93. The Labute approximate surface area is 186 Å². The Morgan fingerprint density at radius 1 is 1.23 bits per heavy atom. The molecule has 0 spiro atoms. The predicted molar refractivity (Wildman–Crippen MR) is 120 cm³/mol. The van der Waals surface area contributed by atoms with Crippen molar-refractivity contribution in [3.05, 3.63) is 34.9 Å². The van der Waals surface area contributed by atoms with Crippen LogP contribution in [0.5, 0.6) is 0 Å². The third-order valence-corrected chi connectivity index (χ3v) is 6.95. The Balaban J connectivity index is 1.48. The number of pyridine rings is 1. The Hall–Kier alpha value is -1.99. The topological polar surface area (TPSA) is 48.5 Å². The SMILES string of the molecule is CN(C)C1CCN(c2ccc3c(C(=O)NCC4CCC(F)(F)CC4)c(Cl)ccc3n2)C1. The van der Waals surface area contributed by atoms with Crippen molar-refractivity contribution in [3.8, 4) is 0 Å². The third-order valence-electron chi connectivity index (χ3n) is 6.64. The van der Waals surface area contributed by atoms with E-state index >= 15 is 0 Å². The van der Waals surface area contributed by atoms with E-state index in [1.165, 1.54) is 0 Å². The molecule has 1 amide bonds. The van der Waals surface area contributed by atoms with Crippen molar-refractivity contribution in [2.75, 3.05) is 38.6 Å². The molecular formula is C23H29ClF2N4O. The fourth-order valence-corrected chi connectivity index (χ4v) is 4.83. The molecule has 1 saturated heterocycles. The van der Waals surface area contributed by atoms with E-state index in [2.05, 4.69) is 29.2 Å². The van der Waals surface area contributed by atoms with E-state index < -0.39 is 5.92 Å². The van der Waals surface area contributed by atoms with E-state index in [0.29, 0.717) is 41.4 Å². The van der Waals surface area contributed by atoms with Gasteiger partial charge in [0, 0.05) is 43.9 Å². The molecule has 1 aliphatic carbocycles. The number of carbonyl (C=O) groups excluding carboxylic acids is 1. The number of aromatic nitrogens is 1. The van der Waals surface area contributed by atoms with Crippen molar-refractivity contribution in [1.29, 1.82) is 0 Å². The largest absolute Gasteiger partial charge is 0.355 e. The quantitative estimate of drug-likeness (QED) is 0.724. The molecule has 31 heavy (non-hydrogen) atoms. The Kier molecular flexibility index (Phi) is 6.35. The molecule has 1 aromatic carbocycles. The molecule has 0 bridgehead atoms. The van der Waals surface area contributed by atoms with Crippen molar-refractivity contribution in [3.63, 3.8) is 0 Å². The summed E-state index contributed by atoms with van der Waals surface area (Å²) >= 11 is 6.37. The predicted octanol–water partition coefficient (Wildman–Crippen LogP) is 4.58. The number of rotatable bonds is 5. The molecule has 8 heteroatoms. The minimum Gasteiger partial charge on any atom is -0.355 e. The summed E-state index contributed by atoms with van der Waals surface area (Å²) in [4.78, 5) is 22.2. The lowest BCUT2D eigenvalue weighted by Gasteiger charge is -2.28. The first-order valence-electron chi connectivity index (χ1n) is 10.9. The molecule has 1 aliphatic heterocycles. The molecule has 1 N–H and O–H groups in total. The summed E-state index contributed by atoms with van der Waals surface area (Å²) in [6, 6.07) is 7.88. The zero-order valence-corrected chi connectivity index (χ0v) is 18.8. The Bertz CT molecular complexity index is 958. The number of nitrogens with one attached hydrogen (secondary N) is 1. The van der Waals surface area contributed by atoms with Gasteiger partial charge in [0.2, 0.25) is 5.92 Å². The summed E-state index contributed by atoms with van der Waals surface area (Å²) < 4.78 is 26.7. The average molecular weight is 451 g/mol.